The van der Waals surface area contributed by atoms with E-state index in [1.165, 1.54) is 7.11 Å². The Morgan fingerprint density at radius 2 is 1.87 bits per heavy atom. The second-order valence-electron chi connectivity index (χ2n) is 9.71. The van der Waals surface area contributed by atoms with Crippen molar-refractivity contribution in [1.29, 1.82) is 0 Å². The fourth-order valence-corrected chi connectivity index (χ4v) is 5.06. The number of hydrogen-bond donors (Lipinski definition) is 1. The van der Waals surface area contributed by atoms with Crippen molar-refractivity contribution < 1.29 is 33.3 Å². The summed E-state index contributed by atoms with van der Waals surface area (Å²) in [4.78, 5) is 31.0. The average Bonchev–Trinajstić information content (AvgIpc) is 3.51. The van der Waals surface area contributed by atoms with Crippen LogP contribution in [-0.4, -0.2) is 79.7 Å². The molecule has 1 amide bonds. The number of ketones is 1. The first-order chi connectivity index (χ1) is 19.0. The van der Waals surface area contributed by atoms with Crippen LogP contribution in [0.1, 0.15) is 41.9 Å². The molecule has 1 aromatic heterocycles. The van der Waals surface area contributed by atoms with Gasteiger partial charge in [0.25, 0.3) is 5.91 Å². The highest BCUT2D eigenvalue weighted by Gasteiger charge is 2.44. The molecule has 206 valence electrons. The molecule has 1 saturated heterocycles. The molecule has 0 spiro atoms. The summed E-state index contributed by atoms with van der Waals surface area (Å²) in [6.07, 6.45) is 1.98. The molecule has 0 saturated carbocycles. The number of para-hydroxylation sites is 1. The number of morpholine rings is 1. The summed E-state index contributed by atoms with van der Waals surface area (Å²) < 4.78 is 22.5. The van der Waals surface area contributed by atoms with Crippen LogP contribution in [0.15, 0.2) is 64.3 Å². The largest absolute Gasteiger partial charge is 0.503 e. The second-order valence-corrected chi connectivity index (χ2v) is 9.71. The molecule has 1 fully saturated rings. The Morgan fingerprint density at radius 3 is 2.59 bits per heavy atom. The van der Waals surface area contributed by atoms with E-state index in [0.29, 0.717) is 60.9 Å². The van der Waals surface area contributed by atoms with Crippen LogP contribution >= 0.6 is 0 Å². The first kappa shape index (κ1) is 26.8. The maximum Gasteiger partial charge on any atom is 0.290 e. The van der Waals surface area contributed by atoms with E-state index < -0.39 is 23.5 Å². The highest BCUT2D eigenvalue weighted by atomic mass is 16.5. The maximum atomic E-state index is 13.9. The Kier molecular flexibility index (Phi) is 8.18. The summed E-state index contributed by atoms with van der Waals surface area (Å²) in [6.45, 7) is 6.46. The van der Waals surface area contributed by atoms with Crippen molar-refractivity contribution in [2.75, 3.05) is 53.1 Å². The minimum atomic E-state index is -0.772. The molecule has 5 rings (SSSR count). The predicted molar refractivity (Wildman–Crippen MR) is 145 cm³/mol. The lowest BCUT2D eigenvalue weighted by atomic mass is 9.95. The summed E-state index contributed by atoms with van der Waals surface area (Å²) in [5, 5.41) is 11.7. The Hall–Kier alpha value is -3.82. The number of Topliss-reactive ketones (excluding diaryl/α,β-unsaturated/α-hetero) is 1. The van der Waals surface area contributed by atoms with Crippen molar-refractivity contribution in [2.24, 2.45) is 0 Å². The van der Waals surface area contributed by atoms with Gasteiger partial charge in [-0.3, -0.25) is 14.5 Å². The highest BCUT2D eigenvalue weighted by Crippen LogP contribution is 2.40. The molecule has 0 radical (unpaired) electrons. The number of unbranched alkanes of at least 4 members (excludes halogenated alkanes) is 1. The van der Waals surface area contributed by atoms with Gasteiger partial charge in [0.15, 0.2) is 22.9 Å². The molecule has 1 atom stereocenters. The van der Waals surface area contributed by atoms with Crippen LogP contribution in [0.5, 0.6) is 11.5 Å². The molecule has 3 heterocycles. The number of amides is 1. The normalized spacial score (nSPS) is 18.3. The van der Waals surface area contributed by atoms with Gasteiger partial charge in [-0.05, 0) is 36.2 Å². The number of benzene rings is 2. The van der Waals surface area contributed by atoms with Crippen molar-refractivity contribution >= 4 is 22.7 Å². The lowest BCUT2D eigenvalue weighted by molar-refractivity contribution is -0.129. The van der Waals surface area contributed by atoms with Crippen molar-refractivity contribution in [3.63, 3.8) is 0 Å². The van der Waals surface area contributed by atoms with Crippen molar-refractivity contribution in [2.45, 2.75) is 25.8 Å². The van der Waals surface area contributed by atoms with E-state index in [0.717, 1.165) is 25.9 Å². The zero-order chi connectivity index (χ0) is 27.4. The van der Waals surface area contributed by atoms with Crippen molar-refractivity contribution in [1.82, 2.24) is 9.80 Å². The van der Waals surface area contributed by atoms with Gasteiger partial charge < -0.3 is 28.6 Å². The van der Waals surface area contributed by atoms with Gasteiger partial charge in [0.05, 0.1) is 38.5 Å². The number of carbonyl (C=O) groups is 2. The topological polar surface area (TPSA) is 102 Å². The van der Waals surface area contributed by atoms with Crippen LogP contribution < -0.4 is 9.47 Å². The van der Waals surface area contributed by atoms with Crippen LogP contribution in [-0.2, 0) is 9.53 Å². The summed E-state index contributed by atoms with van der Waals surface area (Å²) in [7, 11) is 1.53. The Morgan fingerprint density at radius 1 is 1.10 bits per heavy atom. The number of hydrogen-bond acceptors (Lipinski definition) is 8. The zero-order valence-electron chi connectivity index (χ0n) is 22.4. The SMILES string of the molecule is CCCCOc1ccc(C2C(C(=O)c3cc4cccc(OC)c4o3)=C(O)C(=O)N2CCN2CCOCC2)cc1. The third-order valence-electron chi connectivity index (χ3n) is 7.22. The molecular weight excluding hydrogens is 500 g/mol. The molecule has 39 heavy (non-hydrogen) atoms. The molecule has 2 aliphatic heterocycles. The molecule has 2 aliphatic rings. The van der Waals surface area contributed by atoms with Crippen LogP contribution in [0.4, 0.5) is 0 Å². The summed E-state index contributed by atoms with van der Waals surface area (Å²) in [5.41, 5.74) is 1.14. The number of rotatable bonds is 11. The van der Waals surface area contributed by atoms with Crippen LogP contribution in [0.2, 0.25) is 0 Å². The van der Waals surface area contributed by atoms with Crippen molar-refractivity contribution in [3.05, 3.63) is 71.2 Å². The van der Waals surface area contributed by atoms with Gasteiger partial charge in [0.2, 0.25) is 5.78 Å². The van der Waals surface area contributed by atoms with Gasteiger partial charge in [-0.1, -0.05) is 37.6 Å². The van der Waals surface area contributed by atoms with Gasteiger partial charge in [-0.25, -0.2) is 0 Å². The minimum Gasteiger partial charge on any atom is -0.503 e. The van der Waals surface area contributed by atoms with E-state index in [-0.39, 0.29) is 11.3 Å². The molecular formula is C30H34N2O7. The van der Waals surface area contributed by atoms with E-state index >= 15 is 0 Å². The van der Waals surface area contributed by atoms with Gasteiger partial charge in [-0.2, -0.15) is 0 Å². The number of methoxy groups -OCH3 is 1. The number of nitrogens with zero attached hydrogens (tertiary/aromatic N) is 2. The lowest BCUT2D eigenvalue weighted by Gasteiger charge is -2.31. The molecule has 0 aliphatic carbocycles. The number of carbonyl (C=O) groups excluding carboxylic acids is 2. The fraction of sp³-hybridized carbons (Fsp3) is 0.400. The quantitative estimate of drug-likeness (QED) is 0.283. The third kappa shape index (κ3) is 5.51. The van der Waals surface area contributed by atoms with E-state index in [2.05, 4.69) is 11.8 Å². The minimum absolute atomic E-state index is 0.000322. The van der Waals surface area contributed by atoms with E-state index in [1.807, 2.05) is 30.3 Å². The molecule has 1 unspecified atom stereocenters. The summed E-state index contributed by atoms with van der Waals surface area (Å²) >= 11 is 0. The second kappa shape index (κ2) is 11.9. The molecule has 2 aromatic carbocycles. The number of ether oxygens (including phenoxy) is 3. The number of furan rings is 1. The number of fused-ring (bicyclic) bond motifs is 1. The molecule has 1 N–H and O–H groups in total. The first-order valence-electron chi connectivity index (χ1n) is 13.4. The van der Waals surface area contributed by atoms with Crippen LogP contribution in [0, 0.1) is 0 Å². The Labute approximate surface area is 227 Å². The van der Waals surface area contributed by atoms with Gasteiger partial charge in [-0.15, -0.1) is 0 Å². The average molecular weight is 535 g/mol. The lowest BCUT2D eigenvalue weighted by Crippen LogP contribution is -2.43. The molecule has 0 bridgehead atoms. The molecule has 9 nitrogen and oxygen atoms in total. The first-order valence-corrected chi connectivity index (χ1v) is 13.4. The number of aliphatic hydroxyl groups is 1. The van der Waals surface area contributed by atoms with E-state index in [1.54, 1.807) is 23.1 Å². The Bertz CT molecular complexity index is 1360. The third-order valence-corrected chi connectivity index (χ3v) is 7.22. The predicted octanol–water partition coefficient (Wildman–Crippen LogP) is 4.53. The van der Waals surface area contributed by atoms with Gasteiger partial charge >= 0.3 is 0 Å². The number of aliphatic hydroxyl groups excluding tert-OH is 1. The molecule has 3 aromatic rings. The standard InChI is InChI=1S/C30H34N2O7/c1-3-4-16-38-22-10-8-20(9-11-22)26-25(27(33)24-19-21-6-5-7-23(36-2)29(21)39-24)28(34)30(35)32(26)13-12-31-14-17-37-18-15-31/h5-11,19,26,34H,3-4,12-18H2,1-2H3. The summed E-state index contributed by atoms with van der Waals surface area (Å²) in [5.74, 6) is -0.433. The van der Waals surface area contributed by atoms with E-state index in [4.69, 9.17) is 18.6 Å². The maximum absolute atomic E-state index is 13.9. The smallest absolute Gasteiger partial charge is 0.290 e. The highest BCUT2D eigenvalue weighted by molar-refractivity contribution is 6.16. The monoisotopic (exact) mass is 534 g/mol. The molecule has 9 heteroatoms. The summed E-state index contributed by atoms with van der Waals surface area (Å²) in [6, 6.07) is 13.6. The van der Waals surface area contributed by atoms with Crippen LogP contribution in [0.25, 0.3) is 11.0 Å². The van der Waals surface area contributed by atoms with Crippen molar-refractivity contribution in [3.8, 4) is 11.5 Å². The van der Waals surface area contributed by atoms with Gasteiger partial charge in [0.1, 0.15) is 5.75 Å². The Balaban J connectivity index is 1.47. The van der Waals surface area contributed by atoms with Crippen LogP contribution in [0.3, 0.4) is 0 Å². The van der Waals surface area contributed by atoms with E-state index in [9.17, 15) is 14.7 Å². The zero-order valence-corrected chi connectivity index (χ0v) is 22.4. The van der Waals surface area contributed by atoms with Gasteiger partial charge in [0, 0.05) is 31.6 Å². The fourth-order valence-electron chi connectivity index (χ4n) is 5.06.